The Balaban J connectivity index is 1.81. The van der Waals surface area contributed by atoms with Crippen molar-refractivity contribution in [1.82, 2.24) is 9.88 Å². The molecule has 0 aliphatic heterocycles. The highest BCUT2D eigenvalue weighted by molar-refractivity contribution is 6.32. The summed E-state index contributed by atoms with van der Waals surface area (Å²) < 4.78 is 0. The minimum absolute atomic E-state index is 0.227. The van der Waals surface area contributed by atoms with Gasteiger partial charge in [-0.25, -0.2) is 4.98 Å². The SMILES string of the molecule is Cc1c(Cl)c(CN(C)CC(O)C2CC2)nc2ccccc12. The van der Waals surface area contributed by atoms with Crippen molar-refractivity contribution in [2.45, 2.75) is 32.4 Å². The van der Waals surface area contributed by atoms with E-state index in [0.717, 1.165) is 40.0 Å². The van der Waals surface area contributed by atoms with Gasteiger partial charge in [-0.2, -0.15) is 0 Å². The Morgan fingerprint density at radius 2 is 2.10 bits per heavy atom. The Morgan fingerprint density at radius 1 is 1.38 bits per heavy atom. The third-order valence-electron chi connectivity index (χ3n) is 4.23. The van der Waals surface area contributed by atoms with E-state index in [1.165, 1.54) is 0 Å². The van der Waals surface area contributed by atoms with Crippen LogP contribution in [0.1, 0.15) is 24.1 Å². The zero-order chi connectivity index (χ0) is 15.0. The second kappa shape index (κ2) is 5.91. The van der Waals surface area contributed by atoms with Crippen LogP contribution in [0.5, 0.6) is 0 Å². The molecule has 1 aromatic carbocycles. The smallest absolute Gasteiger partial charge is 0.0740 e. The first kappa shape index (κ1) is 14.8. The van der Waals surface area contributed by atoms with Gasteiger partial charge in [0.05, 0.1) is 22.3 Å². The number of likely N-dealkylation sites (N-methyl/N-ethyl adjacent to an activating group) is 1. The van der Waals surface area contributed by atoms with Gasteiger partial charge in [0.2, 0.25) is 0 Å². The molecule has 0 bridgehead atoms. The molecule has 1 heterocycles. The molecular formula is C17H21ClN2O. The fourth-order valence-electron chi connectivity index (χ4n) is 2.79. The van der Waals surface area contributed by atoms with Crippen LogP contribution in [-0.4, -0.2) is 34.7 Å². The Kier molecular flexibility index (Phi) is 4.16. The van der Waals surface area contributed by atoms with Crippen LogP contribution in [0, 0.1) is 12.8 Å². The van der Waals surface area contributed by atoms with Crippen LogP contribution in [0.4, 0.5) is 0 Å². The Labute approximate surface area is 130 Å². The topological polar surface area (TPSA) is 36.4 Å². The first-order valence-electron chi connectivity index (χ1n) is 7.46. The summed E-state index contributed by atoms with van der Waals surface area (Å²) in [5.74, 6) is 0.495. The highest BCUT2D eigenvalue weighted by atomic mass is 35.5. The van der Waals surface area contributed by atoms with E-state index in [2.05, 4.69) is 9.88 Å². The number of para-hydroxylation sites is 1. The second-order valence-electron chi connectivity index (χ2n) is 6.12. The lowest BCUT2D eigenvalue weighted by molar-refractivity contribution is 0.104. The van der Waals surface area contributed by atoms with Crippen molar-refractivity contribution >= 4 is 22.5 Å². The maximum Gasteiger partial charge on any atom is 0.0740 e. The number of hydrogen-bond donors (Lipinski definition) is 1. The van der Waals surface area contributed by atoms with Crippen molar-refractivity contribution in [1.29, 1.82) is 0 Å². The Hall–Kier alpha value is -1.16. The third-order valence-corrected chi connectivity index (χ3v) is 4.73. The molecule has 1 unspecified atom stereocenters. The number of pyridine rings is 1. The summed E-state index contributed by atoms with van der Waals surface area (Å²) in [5, 5.41) is 11.9. The van der Waals surface area contributed by atoms with E-state index in [-0.39, 0.29) is 6.10 Å². The molecule has 0 amide bonds. The number of aryl methyl sites for hydroxylation is 1. The molecule has 1 N–H and O–H groups in total. The van der Waals surface area contributed by atoms with Crippen molar-refractivity contribution in [2.75, 3.05) is 13.6 Å². The summed E-state index contributed by atoms with van der Waals surface area (Å²) in [6.45, 7) is 3.37. The van der Waals surface area contributed by atoms with Crippen LogP contribution in [0.3, 0.4) is 0 Å². The van der Waals surface area contributed by atoms with Gasteiger partial charge in [0.1, 0.15) is 0 Å². The van der Waals surface area contributed by atoms with Crippen molar-refractivity contribution in [3.8, 4) is 0 Å². The van der Waals surface area contributed by atoms with Crippen LogP contribution in [0.25, 0.3) is 10.9 Å². The van der Waals surface area contributed by atoms with Crippen LogP contribution in [-0.2, 0) is 6.54 Å². The molecule has 112 valence electrons. The quantitative estimate of drug-likeness (QED) is 0.920. The fourth-order valence-corrected chi connectivity index (χ4v) is 3.00. The average Bonchev–Trinajstić information content (AvgIpc) is 3.29. The van der Waals surface area contributed by atoms with Crippen molar-refractivity contribution in [3.63, 3.8) is 0 Å². The minimum Gasteiger partial charge on any atom is -0.392 e. The van der Waals surface area contributed by atoms with E-state index in [1.54, 1.807) is 0 Å². The molecule has 3 rings (SSSR count). The summed E-state index contributed by atoms with van der Waals surface area (Å²) in [4.78, 5) is 6.79. The van der Waals surface area contributed by atoms with Crippen LogP contribution in [0.15, 0.2) is 24.3 Å². The molecule has 1 aliphatic rings. The molecule has 21 heavy (non-hydrogen) atoms. The number of hydrogen-bond acceptors (Lipinski definition) is 3. The first-order chi connectivity index (χ1) is 10.1. The fraction of sp³-hybridized carbons (Fsp3) is 0.471. The maximum absolute atomic E-state index is 10.0. The van der Waals surface area contributed by atoms with E-state index in [0.29, 0.717) is 19.0 Å². The molecule has 2 aromatic rings. The lowest BCUT2D eigenvalue weighted by Crippen LogP contribution is -2.30. The predicted molar refractivity (Wildman–Crippen MR) is 86.6 cm³/mol. The highest BCUT2D eigenvalue weighted by Gasteiger charge is 2.30. The Bertz CT molecular complexity index is 655. The van der Waals surface area contributed by atoms with Gasteiger partial charge in [-0.15, -0.1) is 0 Å². The van der Waals surface area contributed by atoms with Gasteiger partial charge in [0.25, 0.3) is 0 Å². The number of aliphatic hydroxyl groups excluding tert-OH is 1. The maximum atomic E-state index is 10.0. The van der Waals surface area contributed by atoms with Crippen molar-refractivity contribution in [2.24, 2.45) is 5.92 Å². The summed E-state index contributed by atoms with van der Waals surface area (Å²) in [6, 6.07) is 8.06. The largest absolute Gasteiger partial charge is 0.392 e. The molecule has 1 saturated carbocycles. The number of aromatic nitrogens is 1. The molecule has 3 nitrogen and oxygen atoms in total. The average molecular weight is 305 g/mol. The van der Waals surface area contributed by atoms with Crippen molar-refractivity contribution < 1.29 is 5.11 Å². The highest BCUT2D eigenvalue weighted by Crippen LogP contribution is 2.33. The van der Waals surface area contributed by atoms with E-state index >= 15 is 0 Å². The first-order valence-corrected chi connectivity index (χ1v) is 7.84. The van der Waals surface area contributed by atoms with E-state index < -0.39 is 0 Å². The second-order valence-corrected chi connectivity index (χ2v) is 6.49. The van der Waals surface area contributed by atoms with Gasteiger partial charge < -0.3 is 5.11 Å². The lowest BCUT2D eigenvalue weighted by Gasteiger charge is -2.21. The summed E-state index contributed by atoms with van der Waals surface area (Å²) >= 11 is 6.48. The van der Waals surface area contributed by atoms with Crippen LogP contribution < -0.4 is 0 Å². The number of nitrogens with zero attached hydrogens (tertiary/aromatic N) is 2. The standard InChI is InChI=1S/C17H21ClN2O/c1-11-13-5-3-4-6-14(13)19-15(17(11)18)9-20(2)10-16(21)12-7-8-12/h3-6,12,16,21H,7-10H2,1-2H3. The van der Waals surface area contributed by atoms with Gasteiger partial charge in [-0.1, -0.05) is 29.8 Å². The number of halogens is 1. The molecule has 0 spiro atoms. The van der Waals surface area contributed by atoms with Crippen molar-refractivity contribution in [3.05, 3.63) is 40.5 Å². The summed E-state index contributed by atoms with van der Waals surface area (Å²) in [7, 11) is 2.01. The van der Waals surface area contributed by atoms with Gasteiger partial charge in [-0.3, -0.25) is 4.90 Å². The van der Waals surface area contributed by atoms with Gasteiger partial charge in [-0.05, 0) is 44.4 Å². The molecule has 1 atom stereocenters. The minimum atomic E-state index is -0.227. The molecule has 0 saturated heterocycles. The zero-order valence-corrected chi connectivity index (χ0v) is 13.3. The predicted octanol–water partition coefficient (Wildman–Crippen LogP) is 3.40. The molecule has 1 aromatic heterocycles. The normalized spacial score (nSPS) is 16.6. The lowest BCUT2D eigenvalue weighted by atomic mass is 10.1. The van der Waals surface area contributed by atoms with Crippen LogP contribution in [0.2, 0.25) is 5.02 Å². The molecule has 4 heteroatoms. The van der Waals surface area contributed by atoms with Gasteiger partial charge in [0, 0.05) is 18.5 Å². The number of benzene rings is 1. The molecule has 1 fully saturated rings. The van der Waals surface area contributed by atoms with E-state index in [4.69, 9.17) is 11.6 Å². The van der Waals surface area contributed by atoms with Gasteiger partial charge in [0.15, 0.2) is 0 Å². The number of rotatable bonds is 5. The molecule has 0 radical (unpaired) electrons. The van der Waals surface area contributed by atoms with E-state index in [1.807, 2.05) is 38.2 Å². The Morgan fingerprint density at radius 3 is 2.81 bits per heavy atom. The number of aliphatic hydroxyl groups is 1. The molecule has 1 aliphatic carbocycles. The summed E-state index contributed by atoms with van der Waals surface area (Å²) in [6.07, 6.45) is 2.09. The summed E-state index contributed by atoms with van der Waals surface area (Å²) in [5.41, 5.74) is 2.94. The number of fused-ring (bicyclic) bond motifs is 1. The van der Waals surface area contributed by atoms with E-state index in [9.17, 15) is 5.11 Å². The molecular weight excluding hydrogens is 284 g/mol. The van der Waals surface area contributed by atoms with Crippen LogP contribution >= 0.6 is 11.6 Å². The third kappa shape index (κ3) is 3.20. The monoisotopic (exact) mass is 304 g/mol. The zero-order valence-electron chi connectivity index (χ0n) is 12.5. The van der Waals surface area contributed by atoms with Gasteiger partial charge >= 0.3 is 0 Å².